The Kier molecular flexibility index (Phi) is 3.41. The lowest BCUT2D eigenvalue weighted by molar-refractivity contribution is 0.298. The highest BCUT2D eigenvalue weighted by atomic mass is 35.5. The minimum atomic E-state index is 0.371. The highest BCUT2D eigenvalue weighted by Crippen LogP contribution is 2.20. The van der Waals surface area contributed by atoms with Crippen molar-refractivity contribution < 1.29 is 0 Å². The molecule has 2 heteroatoms. The van der Waals surface area contributed by atoms with Crippen molar-refractivity contribution in [3.63, 3.8) is 0 Å². The van der Waals surface area contributed by atoms with Gasteiger partial charge in [0.25, 0.3) is 0 Å². The number of likely N-dealkylation sites (tertiary alicyclic amines) is 1. The van der Waals surface area contributed by atoms with Gasteiger partial charge in [-0.25, -0.2) is 0 Å². The van der Waals surface area contributed by atoms with Crippen LogP contribution in [0, 0.1) is 0 Å². The summed E-state index contributed by atoms with van der Waals surface area (Å²) >= 11 is 6.01. The van der Waals surface area contributed by atoms with Crippen LogP contribution in [0.15, 0.2) is 12.2 Å². The van der Waals surface area contributed by atoms with Gasteiger partial charge >= 0.3 is 0 Å². The standard InChI is InChI=1S/C9H16ClN/c1-3-4-5-11-7-9(10)6-8(11)2/h3-4,8-9H,5-7H2,1-2H3/b4-3+. The lowest BCUT2D eigenvalue weighted by Crippen LogP contribution is -2.27. The largest absolute Gasteiger partial charge is 0.295 e. The summed E-state index contributed by atoms with van der Waals surface area (Å²) in [6.45, 7) is 6.40. The number of halogens is 1. The van der Waals surface area contributed by atoms with Crippen LogP contribution in [0.2, 0.25) is 0 Å². The molecule has 0 aromatic rings. The van der Waals surface area contributed by atoms with Gasteiger partial charge in [0, 0.05) is 24.5 Å². The minimum Gasteiger partial charge on any atom is -0.295 e. The molecule has 0 aromatic heterocycles. The molecule has 0 radical (unpaired) electrons. The van der Waals surface area contributed by atoms with Crippen LogP contribution >= 0.6 is 11.6 Å². The number of hydrogen-bond acceptors (Lipinski definition) is 1. The van der Waals surface area contributed by atoms with Gasteiger partial charge in [0.2, 0.25) is 0 Å². The third-order valence-electron chi connectivity index (χ3n) is 2.23. The van der Waals surface area contributed by atoms with Crippen LogP contribution in [-0.4, -0.2) is 29.4 Å². The van der Waals surface area contributed by atoms with Gasteiger partial charge in [-0.05, 0) is 20.3 Å². The van der Waals surface area contributed by atoms with Crippen LogP contribution in [0.4, 0.5) is 0 Å². The monoisotopic (exact) mass is 173 g/mol. The summed E-state index contributed by atoms with van der Waals surface area (Å²) in [4.78, 5) is 2.41. The first-order valence-electron chi connectivity index (χ1n) is 4.23. The molecular formula is C9H16ClN. The average Bonchev–Trinajstić information content (AvgIpc) is 2.26. The number of alkyl halides is 1. The van der Waals surface area contributed by atoms with Gasteiger partial charge in [-0.3, -0.25) is 4.90 Å². The maximum absolute atomic E-state index is 6.01. The van der Waals surface area contributed by atoms with E-state index in [9.17, 15) is 0 Å². The smallest absolute Gasteiger partial charge is 0.0478 e. The molecule has 0 bridgehead atoms. The molecule has 0 saturated carbocycles. The maximum Gasteiger partial charge on any atom is 0.0478 e. The molecule has 1 fully saturated rings. The molecule has 0 aliphatic carbocycles. The van der Waals surface area contributed by atoms with E-state index >= 15 is 0 Å². The molecule has 11 heavy (non-hydrogen) atoms. The number of nitrogens with zero attached hydrogens (tertiary/aromatic N) is 1. The Morgan fingerprint density at radius 3 is 2.82 bits per heavy atom. The zero-order chi connectivity index (χ0) is 8.27. The third-order valence-corrected chi connectivity index (χ3v) is 2.54. The van der Waals surface area contributed by atoms with Gasteiger partial charge in [0.15, 0.2) is 0 Å². The highest BCUT2D eigenvalue weighted by molar-refractivity contribution is 6.21. The SMILES string of the molecule is C/C=C/CN1CC(Cl)CC1C. The van der Waals surface area contributed by atoms with Crippen LogP contribution in [-0.2, 0) is 0 Å². The van der Waals surface area contributed by atoms with Crippen LogP contribution in [0.25, 0.3) is 0 Å². The summed E-state index contributed by atoms with van der Waals surface area (Å²) < 4.78 is 0. The van der Waals surface area contributed by atoms with Gasteiger partial charge < -0.3 is 0 Å². The van der Waals surface area contributed by atoms with Crippen molar-refractivity contribution in [2.75, 3.05) is 13.1 Å². The topological polar surface area (TPSA) is 3.24 Å². The van der Waals surface area contributed by atoms with E-state index in [1.54, 1.807) is 0 Å². The van der Waals surface area contributed by atoms with Crippen LogP contribution in [0.5, 0.6) is 0 Å². The fourth-order valence-electron chi connectivity index (χ4n) is 1.52. The summed E-state index contributed by atoms with van der Waals surface area (Å²) in [7, 11) is 0. The van der Waals surface area contributed by atoms with Crippen molar-refractivity contribution >= 4 is 11.6 Å². The van der Waals surface area contributed by atoms with E-state index < -0.39 is 0 Å². The van der Waals surface area contributed by atoms with Crippen molar-refractivity contribution in [1.82, 2.24) is 4.90 Å². The van der Waals surface area contributed by atoms with E-state index in [1.165, 1.54) is 0 Å². The predicted octanol–water partition coefficient (Wildman–Crippen LogP) is 2.26. The van der Waals surface area contributed by atoms with Crippen molar-refractivity contribution in [3.8, 4) is 0 Å². The van der Waals surface area contributed by atoms with Crippen LogP contribution < -0.4 is 0 Å². The molecular weight excluding hydrogens is 158 g/mol. The predicted molar refractivity (Wildman–Crippen MR) is 50.1 cm³/mol. The molecule has 1 saturated heterocycles. The van der Waals surface area contributed by atoms with Crippen molar-refractivity contribution in [3.05, 3.63) is 12.2 Å². The van der Waals surface area contributed by atoms with Gasteiger partial charge in [-0.2, -0.15) is 0 Å². The molecule has 1 nitrogen and oxygen atoms in total. The first-order valence-corrected chi connectivity index (χ1v) is 4.67. The molecule has 1 aliphatic heterocycles. The molecule has 1 rings (SSSR count). The van der Waals surface area contributed by atoms with Gasteiger partial charge in [0.1, 0.15) is 0 Å². The number of allylic oxidation sites excluding steroid dienone is 1. The first-order chi connectivity index (χ1) is 5.24. The summed E-state index contributed by atoms with van der Waals surface area (Å²) in [5, 5.41) is 0.371. The molecule has 0 N–H and O–H groups in total. The van der Waals surface area contributed by atoms with Crippen molar-refractivity contribution in [1.29, 1.82) is 0 Å². The summed E-state index contributed by atoms with van der Waals surface area (Å²) in [6, 6.07) is 0.661. The summed E-state index contributed by atoms with van der Waals surface area (Å²) in [6.07, 6.45) is 5.42. The second-order valence-corrected chi connectivity index (χ2v) is 3.82. The lowest BCUT2D eigenvalue weighted by atomic mass is 10.2. The van der Waals surface area contributed by atoms with Gasteiger partial charge in [-0.15, -0.1) is 11.6 Å². The van der Waals surface area contributed by atoms with E-state index in [0.29, 0.717) is 11.4 Å². The number of hydrogen-bond donors (Lipinski definition) is 0. The first kappa shape index (κ1) is 9.08. The fraction of sp³-hybridized carbons (Fsp3) is 0.778. The highest BCUT2D eigenvalue weighted by Gasteiger charge is 2.25. The molecule has 0 aromatic carbocycles. The molecule has 64 valence electrons. The Bertz CT molecular complexity index is 144. The Hall–Kier alpha value is -0.0100. The Morgan fingerprint density at radius 1 is 1.64 bits per heavy atom. The Morgan fingerprint density at radius 2 is 2.36 bits per heavy atom. The van der Waals surface area contributed by atoms with Crippen molar-refractivity contribution in [2.45, 2.75) is 31.7 Å². The second kappa shape index (κ2) is 4.13. The molecule has 1 heterocycles. The second-order valence-electron chi connectivity index (χ2n) is 3.20. The maximum atomic E-state index is 6.01. The van der Waals surface area contributed by atoms with E-state index in [0.717, 1.165) is 19.5 Å². The van der Waals surface area contributed by atoms with Gasteiger partial charge in [0.05, 0.1) is 0 Å². The van der Waals surface area contributed by atoms with E-state index in [1.807, 2.05) is 0 Å². The molecule has 0 amide bonds. The van der Waals surface area contributed by atoms with Crippen LogP contribution in [0.3, 0.4) is 0 Å². The summed E-state index contributed by atoms with van der Waals surface area (Å²) in [5.41, 5.74) is 0. The van der Waals surface area contributed by atoms with Gasteiger partial charge in [-0.1, -0.05) is 12.2 Å². The summed E-state index contributed by atoms with van der Waals surface area (Å²) in [5.74, 6) is 0. The third kappa shape index (κ3) is 2.49. The quantitative estimate of drug-likeness (QED) is 0.458. The zero-order valence-electron chi connectivity index (χ0n) is 7.26. The zero-order valence-corrected chi connectivity index (χ0v) is 8.01. The minimum absolute atomic E-state index is 0.371. The van der Waals surface area contributed by atoms with E-state index in [-0.39, 0.29) is 0 Å². The average molecular weight is 174 g/mol. The molecule has 2 unspecified atom stereocenters. The van der Waals surface area contributed by atoms with Crippen LogP contribution in [0.1, 0.15) is 20.3 Å². The Labute approximate surface area is 74.0 Å². The lowest BCUT2D eigenvalue weighted by Gasteiger charge is -2.17. The molecule has 2 atom stereocenters. The number of rotatable bonds is 2. The normalized spacial score (nSPS) is 33.7. The van der Waals surface area contributed by atoms with E-state index in [2.05, 4.69) is 30.9 Å². The van der Waals surface area contributed by atoms with Crippen molar-refractivity contribution in [2.24, 2.45) is 0 Å². The Balaban J connectivity index is 2.34. The van der Waals surface area contributed by atoms with E-state index in [4.69, 9.17) is 11.6 Å². The fourth-order valence-corrected chi connectivity index (χ4v) is 1.96. The molecule has 1 aliphatic rings. The molecule has 0 spiro atoms.